The molecule has 2 atom stereocenters. The first-order valence-corrected chi connectivity index (χ1v) is 8.23. The zero-order chi connectivity index (χ0) is 16.4. The second kappa shape index (κ2) is 6.72. The van der Waals surface area contributed by atoms with E-state index in [9.17, 15) is 9.90 Å². The number of ether oxygens (including phenoxy) is 1. The first kappa shape index (κ1) is 16.0. The number of carbonyl (C=O) groups is 1. The summed E-state index contributed by atoms with van der Waals surface area (Å²) in [7, 11) is 0. The van der Waals surface area contributed by atoms with Crippen molar-refractivity contribution < 1.29 is 14.6 Å². The summed E-state index contributed by atoms with van der Waals surface area (Å²) in [5.41, 5.74) is 3.42. The van der Waals surface area contributed by atoms with Crippen molar-refractivity contribution in [2.75, 3.05) is 19.8 Å². The Morgan fingerprint density at radius 3 is 3.00 bits per heavy atom. The van der Waals surface area contributed by atoms with Gasteiger partial charge in [-0.15, -0.1) is 0 Å². The van der Waals surface area contributed by atoms with Crippen molar-refractivity contribution in [2.45, 2.75) is 38.8 Å². The van der Waals surface area contributed by atoms with Gasteiger partial charge in [0.05, 0.1) is 31.8 Å². The Kier molecular flexibility index (Phi) is 4.68. The third-order valence-electron chi connectivity index (χ3n) is 4.64. The highest BCUT2D eigenvalue weighted by Crippen LogP contribution is 2.23. The maximum Gasteiger partial charge on any atom is 0.227 e. The topological polar surface area (TPSA) is 65.6 Å². The molecule has 1 aromatic carbocycles. The molecule has 1 aromatic heterocycles. The van der Waals surface area contributed by atoms with Crippen LogP contribution < -0.4 is 0 Å². The van der Waals surface area contributed by atoms with Gasteiger partial charge < -0.3 is 19.7 Å². The number of para-hydroxylation sites is 1. The van der Waals surface area contributed by atoms with Gasteiger partial charge in [0.2, 0.25) is 5.91 Å². The molecule has 0 aliphatic carbocycles. The molecular formula is C18H24N2O3. The van der Waals surface area contributed by atoms with E-state index in [1.807, 2.05) is 24.1 Å². The molecule has 0 radical (unpaired) electrons. The lowest BCUT2D eigenvalue weighted by Crippen LogP contribution is -2.52. The molecule has 2 unspecified atom stereocenters. The number of benzene rings is 1. The lowest BCUT2D eigenvalue weighted by atomic mass is 10.0. The number of hydrogen-bond acceptors (Lipinski definition) is 3. The number of carbonyl (C=O) groups excluding carboxylic acids is 1. The highest BCUT2D eigenvalue weighted by atomic mass is 16.5. The third-order valence-corrected chi connectivity index (χ3v) is 4.64. The van der Waals surface area contributed by atoms with Gasteiger partial charge >= 0.3 is 0 Å². The van der Waals surface area contributed by atoms with Crippen molar-refractivity contribution in [1.29, 1.82) is 0 Å². The molecule has 23 heavy (non-hydrogen) atoms. The fourth-order valence-corrected chi connectivity index (χ4v) is 3.26. The van der Waals surface area contributed by atoms with E-state index in [0.29, 0.717) is 19.6 Å². The largest absolute Gasteiger partial charge is 0.394 e. The summed E-state index contributed by atoms with van der Waals surface area (Å²) >= 11 is 0. The van der Waals surface area contributed by atoms with Crippen molar-refractivity contribution in [3.8, 4) is 0 Å². The standard InChI is InChI=1S/C18H24N2O3/c1-3-13-5-4-6-16-14(8-19-18(13)16)7-17(22)20-9-15(10-21)23-11-12(20)2/h4-6,8,12,15,19,21H,3,7,9-11H2,1-2H3. The third kappa shape index (κ3) is 3.12. The van der Waals surface area contributed by atoms with E-state index in [1.54, 1.807) is 0 Å². The molecular weight excluding hydrogens is 292 g/mol. The van der Waals surface area contributed by atoms with Crippen molar-refractivity contribution >= 4 is 16.8 Å². The summed E-state index contributed by atoms with van der Waals surface area (Å²) in [4.78, 5) is 17.8. The van der Waals surface area contributed by atoms with Crippen LogP contribution in [0.5, 0.6) is 0 Å². The highest BCUT2D eigenvalue weighted by molar-refractivity contribution is 5.90. The van der Waals surface area contributed by atoms with Gasteiger partial charge in [-0.05, 0) is 24.5 Å². The van der Waals surface area contributed by atoms with Crippen LogP contribution in [0.1, 0.15) is 25.0 Å². The van der Waals surface area contributed by atoms with Gasteiger partial charge in [-0.1, -0.05) is 25.1 Å². The number of aryl methyl sites for hydroxylation is 1. The average molecular weight is 316 g/mol. The van der Waals surface area contributed by atoms with E-state index in [-0.39, 0.29) is 24.7 Å². The highest BCUT2D eigenvalue weighted by Gasteiger charge is 2.29. The molecule has 1 saturated heterocycles. The first-order chi connectivity index (χ1) is 11.1. The lowest BCUT2D eigenvalue weighted by Gasteiger charge is -2.37. The van der Waals surface area contributed by atoms with Crippen LogP contribution in [0, 0.1) is 0 Å². The molecule has 1 amide bonds. The molecule has 0 spiro atoms. The Morgan fingerprint density at radius 2 is 2.26 bits per heavy atom. The number of nitrogens with one attached hydrogen (secondary N) is 1. The Morgan fingerprint density at radius 1 is 1.43 bits per heavy atom. The molecule has 2 aromatic rings. The number of nitrogens with zero attached hydrogens (tertiary/aromatic N) is 1. The van der Waals surface area contributed by atoms with Crippen molar-refractivity contribution in [3.63, 3.8) is 0 Å². The van der Waals surface area contributed by atoms with E-state index in [4.69, 9.17) is 4.74 Å². The number of hydrogen-bond donors (Lipinski definition) is 2. The minimum atomic E-state index is -0.273. The van der Waals surface area contributed by atoms with Gasteiger partial charge in [0.1, 0.15) is 0 Å². The van der Waals surface area contributed by atoms with Crippen LogP contribution in [0.2, 0.25) is 0 Å². The van der Waals surface area contributed by atoms with Crippen LogP contribution >= 0.6 is 0 Å². The van der Waals surface area contributed by atoms with Gasteiger partial charge in [0.25, 0.3) is 0 Å². The number of aromatic amines is 1. The monoisotopic (exact) mass is 316 g/mol. The zero-order valence-corrected chi connectivity index (χ0v) is 13.7. The SMILES string of the molecule is CCc1cccc2c(CC(=O)N3CC(CO)OCC3C)c[nH]c12. The lowest BCUT2D eigenvalue weighted by molar-refractivity contribution is -0.145. The van der Waals surface area contributed by atoms with E-state index < -0.39 is 0 Å². The quantitative estimate of drug-likeness (QED) is 0.905. The number of aromatic nitrogens is 1. The predicted octanol–water partition coefficient (Wildman–Crippen LogP) is 1.88. The molecule has 3 rings (SSSR count). The van der Waals surface area contributed by atoms with Crippen LogP contribution in [0.4, 0.5) is 0 Å². The number of rotatable bonds is 4. The van der Waals surface area contributed by atoms with Crippen LogP contribution in [0.25, 0.3) is 10.9 Å². The fourth-order valence-electron chi connectivity index (χ4n) is 3.26. The molecule has 0 bridgehead atoms. The maximum atomic E-state index is 12.7. The molecule has 2 N–H and O–H groups in total. The number of amides is 1. The van der Waals surface area contributed by atoms with Crippen molar-refractivity contribution in [3.05, 3.63) is 35.5 Å². The Labute approximate surface area is 136 Å². The summed E-state index contributed by atoms with van der Waals surface area (Å²) in [6, 6.07) is 6.26. The summed E-state index contributed by atoms with van der Waals surface area (Å²) in [6.45, 7) is 4.99. The summed E-state index contributed by atoms with van der Waals surface area (Å²) in [5, 5.41) is 10.4. The number of morpholine rings is 1. The predicted molar refractivity (Wildman–Crippen MR) is 89.4 cm³/mol. The fraction of sp³-hybridized carbons (Fsp3) is 0.500. The second-order valence-electron chi connectivity index (χ2n) is 6.22. The summed E-state index contributed by atoms with van der Waals surface area (Å²) < 4.78 is 5.51. The molecule has 124 valence electrons. The van der Waals surface area contributed by atoms with E-state index in [1.165, 1.54) is 5.56 Å². The molecule has 1 aliphatic heterocycles. The molecule has 5 nitrogen and oxygen atoms in total. The van der Waals surface area contributed by atoms with Crippen molar-refractivity contribution in [2.24, 2.45) is 0 Å². The number of H-pyrrole nitrogens is 1. The summed E-state index contributed by atoms with van der Waals surface area (Å²) in [5.74, 6) is 0.0852. The van der Waals surface area contributed by atoms with Crippen LogP contribution in [-0.2, 0) is 22.4 Å². The van der Waals surface area contributed by atoms with Crippen LogP contribution in [0.15, 0.2) is 24.4 Å². The van der Waals surface area contributed by atoms with E-state index in [0.717, 1.165) is 22.9 Å². The van der Waals surface area contributed by atoms with Gasteiger partial charge in [-0.3, -0.25) is 4.79 Å². The molecule has 1 fully saturated rings. The minimum Gasteiger partial charge on any atom is -0.394 e. The van der Waals surface area contributed by atoms with E-state index >= 15 is 0 Å². The Hall–Kier alpha value is -1.85. The number of fused-ring (bicyclic) bond motifs is 1. The average Bonchev–Trinajstić information content (AvgIpc) is 2.98. The Bertz CT molecular complexity index is 695. The van der Waals surface area contributed by atoms with Gasteiger partial charge in [-0.2, -0.15) is 0 Å². The number of aliphatic hydroxyl groups is 1. The normalized spacial score (nSPS) is 21.8. The smallest absolute Gasteiger partial charge is 0.227 e. The Balaban J connectivity index is 1.80. The van der Waals surface area contributed by atoms with Gasteiger partial charge in [0, 0.05) is 23.6 Å². The molecule has 0 saturated carbocycles. The molecule has 1 aliphatic rings. The second-order valence-corrected chi connectivity index (χ2v) is 6.22. The van der Waals surface area contributed by atoms with Crippen molar-refractivity contribution in [1.82, 2.24) is 9.88 Å². The van der Waals surface area contributed by atoms with Crippen LogP contribution in [0.3, 0.4) is 0 Å². The van der Waals surface area contributed by atoms with Crippen LogP contribution in [-0.4, -0.2) is 52.8 Å². The molecule has 2 heterocycles. The van der Waals surface area contributed by atoms with Gasteiger partial charge in [-0.25, -0.2) is 0 Å². The van der Waals surface area contributed by atoms with Gasteiger partial charge in [0.15, 0.2) is 0 Å². The molecule has 5 heteroatoms. The van der Waals surface area contributed by atoms with E-state index in [2.05, 4.69) is 24.0 Å². The number of aliphatic hydroxyl groups excluding tert-OH is 1. The maximum absolute atomic E-state index is 12.7. The summed E-state index contributed by atoms with van der Waals surface area (Å²) in [6.07, 6.45) is 3.00. The first-order valence-electron chi connectivity index (χ1n) is 8.23. The zero-order valence-electron chi connectivity index (χ0n) is 13.7. The minimum absolute atomic E-state index is 0.0432.